The lowest BCUT2D eigenvalue weighted by atomic mass is 10.2. The molecule has 1 aliphatic heterocycles. The van der Waals surface area contributed by atoms with E-state index in [1.807, 2.05) is 19.1 Å². The van der Waals surface area contributed by atoms with E-state index in [2.05, 4.69) is 26.6 Å². The van der Waals surface area contributed by atoms with Crippen LogP contribution in [0.2, 0.25) is 0 Å². The van der Waals surface area contributed by atoms with Gasteiger partial charge in [-0.3, -0.25) is 9.59 Å². The van der Waals surface area contributed by atoms with E-state index in [1.165, 1.54) is 30.8 Å². The van der Waals surface area contributed by atoms with Crippen molar-refractivity contribution in [1.82, 2.24) is 0 Å². The predicted octanol–water partition coefficient (Wildman–Crippen LogP) is 3.99. The number of rotatable bonds is 5. The first-order valence-corrected chi connectivity index (χ1v) is 11.9. The Bertz CT molecular complexity index is 1050. The smallest absolute Gasteiger partial charge is 0.234 e. The van der Waals surface area contributed by atoms with E-state index in [0.717, 1.165) is 14.9 Å². The Labute approximate surface area is 176 Å². The molecule has 1 aliphatic rings. The SMILES string of the molecule is Cc1cc(NC(=O)CC(C)S(=O)(=O)c2ccc3c(c2)NC(=O)CS3)ccc1Br. The number of anilines is 2. The number of sulfone groups is 1. The van der Waals surface area contributed by atoms with Crippen LogP contribution in [0, 0.1) is 6.92 Å². The van der Waals surface area contributed by atoms with Gasteiger partial charge in [0.2, 0.25) is 11.8 Å². The van der Waals surface area contributed by atoms with Gasteiger partial charge in [0.15, 0.2) is 9.84 Å². The lowest BCUT2D eigenvalue weighted by Crippen LogP contribution is -2.25. The minimum atomic E-state index is -3.72. The van der Waals surface area contributed by atoms with E-state index in [0.29, 0.717) is 17.1 Å². The van der Waals surface area contributed by atoms with Gasteiger partial charge in [0, 0.05) is 21.5 Å². The van der Waals surface area contributed by atoms with Crippen molar-refractivity contribution in [2.45, 2.75) is 35.3 Å². The molecule has 2 aromatic rings. The first-order chi connectivity index (χ1) is 13.2. The minimum absolute atomic E-state index is 0.0915. The van der Waals surface area contributed by atoms with E-state index >= 15 is 0 Å². The van der Waals surface area contributed by atoms with Crippen LogP contribution in [-0.2, 0) is 19.4 Å². The fraction of sp³-hybridized carbons (Fsp3) is 0.263. The van der Waals surface area contributed by atoms with Crippen molar-refractivity contribution >= 4 is 60.7 Å². The fourth-order valence-electron chi connectivity index (χ4n) is 2.78. The molecule has 0 saturated carbocycles. The molecule has 2 aromatic carbocycles. The Balaban J connectivity index is 1.73. The zero-order valence-corrected chi connectivity index (χ0v) is 18.5. The van der Waals surface area contributed by atoms with Gasteiger partial charge < -0.3 is 10.6 Å². The highest BCUT2D eigenvalue weighted by molar-refractivity contribution is 9.10. The van der Waals surface area contributed by atoms with Gasteiger partial charge >= 0.3 is 0 Å². The molecule has 3 rings (SSSR count). The molecule has 1 atom stereocenters. The maximum absolute atomic E-state index is 12.9. The minimum Gasteiger partial charge on any atom is -0.326 e. The van der Waals surface area contributed by atoms with Crippen molar-refractivity contribution in [1.29, 1.82) is 0 Å². The highest BCUT2D eigenvalue weighted by Crippen LogP contribution is 2.34. The van der Waals surface area contributed by atoms with Crippen LogP contribution in [0.5, 0.6) is 0 Å². The number of nitrogens with one attached hydrogen (secondary N) is 2. The molecule has 0 fully saturated rings. The molecule has 0 saturated heterocycles. The summed E-state index contributed by atoms with van der Waals surface area (Å²) in [4.78, 5) is 24.8. The van der Waals surface area contributed by atoms with Crippen LogP contribution in [-0.4, -0.2) is 31.2 Å². The summed E-state index contributed by atoms with van der Waals surface area (Å²) in [7, 11) is -3.72. The molecule has 148 valence electrons. The van der Waals surface area contributed by atoms with Crippen LogP contribution < -0.4 is 10.6 Å². The number of aryl methyl sites for hydroxylation is 1. The van der Waals surface area contributed by atoms with Crippen LogP contribution in [0.1, 0.15) is 18.9 Å². The number of thioether (sulfide) groups is 1. The summed E-state index contributed by atoms with van der Waals surface area (Å²) >= 11 is 4.76. The van der Waals surface area contributed by atoms with Crippen LogP contribution in [0.25, 0.3) is 0 Å². The number of fused-ring (bicyclic) bond motifs is 1. The van der Waals surface area contributed by atoms with Crippen LogP contribution in [0.3, 0.4) is 0 Å². The van der Waals surface area contributed by atoms with Crippen molar-refractivity contribution in [2.24, 2.45) is 0 Å². The second-order valence-corrected chi connectivity index (χ2v) is 10.8. The van der Waals surface area contributed by atoms with Gasteiger partial charge in [-0.15, -0.1) is 11.8 Å². The molecule has 6 nitrogen and oxygen atoms in total. The molecule has 9 heteroatoms. The highest BCUT2D eigenvalue weighted by Gasteiger charge is 2.27. The average Bonchev–Trinajstić information content (AvgIpc) is 2.64. The van der Waals surface area contributed by atoms with E-state index in [4.69, 9.17) is 0 Å². The Morgan fingerprint density at radius 2 is 2.04 bits per heavy atom. The highest BCUT2D eigenvalue weighted by atomic mass is 79.9. The van der Waals surface area contributed by atoms with Crippen molar-refractivity contribution < 1.29 is 18.0 Å². The molecule has 1 unspecified atom stereocenters. The quantitative estimate of drug-likeness (QED) is 0.671. The van der Waals surface area contributed by atoms with Crippen molar-refractivity contribution in [3.05, 3.63) is 46.4 Å². The number of benzene rings is 2. The topological polar surface area (TPSA) is 92.3 Å². The zero-order valence-electron chi connectivity index (χ0n) is 15.3. The molecule has 1 heterocycles. The second-order valence-electron chi connectivity index (χ2n) is 6.57. The Morgan fingerprint density at radius 3 is 2.75 bits per heavy atom. The lowest BCUT2D eigenvalue weighted by Gasteiger charge is -2.18. The lowest BCUT2D eigenvalue weighted by molar-refractivity contribution is -0.116. The number of hydrogen-bond acceptors (Lipinski definition) is 5. The number of carbonyl (C=O) groups excluding carboxylic acids is 2. The van der Waals surface area contributed by atoms with Gasteiger partial charge in [-0.2, -0.15) is 0 Å². The summed E-state index contributed by atoms with van der Waals surface area (Å²) in [5, 5.41) is 4.51. The van der Waals surface area contributed by atoms with Gasteiger partial charge in [0.05, 0.1) is 21.6 Å². The van der Waals surface area contributed by atoms with Crippen molar-refractivity contribution in [3.63, 3.8) is 0 Å². The zero-order chi connectivity index (χ0) is 20.5. The molecule has 0 bridgehead atoms. The molecule has 0 aliphatic carbocycles. The predicted molar refractivity (Wildman–Crippen MR) is 115 cm³/mol. The first-order valence-electron chi connectivity index (χ1n) is 8.53. The maximum Gasteiger partial charge on any atom is 0.234 e. The summed E-state index contributed by atoms with van der Waals surface area (Å²) < 4.78 is 26.7. The summed E-state index contributed by atoms with van der Waals surface area (Å²) in [5.74, 6) is -0.227. The normalized spacial score (nSPS) is 14.8. The Morgan fingerprint density at radius 1 is 1.29 bits per heavy atom. The van der Waals surface area contributed by atoms with Crippen molar-refractivity contribution in [3.8, 4) is 0 Å². The number of amides is 2. The van der Waals surface area contributed by atoms with Gasteiger partial charge in [-0.1, -0.05) is 15.9 Å². The Hall–Kier alpha value is -1.84. The first kappa shape index (κ1) is 20.9. The van der Waals surface area contributed by atoms with Gasteiger partial charge in [-0.05, 0) is 55.8 Å². The van der Waals surface area contributed by atoms with E-state index in [-0.39, 0.29) is 23.1 Å². The summed E-state index contributed by atoms with van der Waals surface area (Å²) in [5.41, 5.74) is 2.07. The van der Waals surface area contributed by atoms with Gasteiger partial charge in [0.25, 0.3) is 0 Å². The third-order valence-electron chi connectivity index (χ3n) is 4.36. The molecular formula is C19H19BrN2O4S2. The molecule has 0 spiro atoms. The summed E-state index contributed by atoms with van der Waals surface area (Å²) in [6.45, 7) is 3.41. The summed E-state index contributed by atoms with van der Waals surface area (Å²) in [6.07, 6.45) is -0.171. The second kappa shape index (κ2) is 8.26. The van der Waals surface area contributed by atoms with E-state index in [1.54, 1.807) is 12.1 Å². The maximum atomic E-state index is 12.9. The van der Waals surface area contributed by atoms with Crippen molar-refractivity contribution in [2.75, 3.05) is 16.4 Å². The van der Waals surface area contributed by atoms with E-state index < -0.39 is 15.1 Å². The molecule has 2 N–H and O–H groups in total. The van der Waals surface area contributed by atoms with Gasteiger partial charge in [0.1, 0.15) is 0 Å². The van der Waals surface area contributed by atoms with E-state index in [9.17, 15) is 18.0 Å². The molecule has 0 radical (unpaired) electrons. The average molecular weight is 483 g/mol. The third-order valence-corrected chi connectivity index (χ3v) is 8.46. The molecular weight excluding hydrogens is 464 g/mol. The van der Waals surface area contributed by atoms with Crippen LogP contribution >= 0.6 is 27.7 Å². The molecule has 28 heavy (non-hydrogen) atoms. The largest absolute Gasteiger partial charge is 0.326 e. The number of hydrogen-bond donors (Lipinski definition) is 2. The number of carbonyl (C=O) groups is 2. The van der Waals surface area contributed by atoms with Crippen LogP contribution in [0.15, 0.2) is 50.7 Å². The standard InChI is InChI=1S/C19H19BrN2O4S2/c1-11-7-13(3-5-15(11)20)21-18(23)8-12(2)28(25,26)14-4-6-17-16(9-14)22-19(24)10-27-17/h3-7,9,12H,8,10H2,1-2H3,(H,21,23)(H,22,24). The Kier molecular flexibility index (Phi) is 6.16. The molecule has 2 amide bonds. The van der Waals surface area contributed by atoms with Gasteiger partial charge in [-0.25, -0.2) is 8.42 Å². The van der Waals surface area contributed by atoms with Crippen LogP contribution in [0.4, 0.5) is 11.4 Å². The summed E-state index contributed by atoms with van der Waals surface area (Å²) in [6, 6.07) is 10.0. The molecule has 0 aromatic heterocycles. The monoisotopic (exact) mass is 482 g/mol. The fourth-order valence-corrected chi connectivity index (χ4v) is 5.19. The number of halogens is 1. The third kappa shape index (κ3) is 4.59.